The molecule has 0 atom stereocenters. The Balaban J connectivity index is 2.47. The van der Waals surface area contributed by atoms with Crippen molar-refractivity contribution in [3.63, 3.8) is 0 Å². The van der Waals surface area contributed by atoms with Crippen LogP contribution in [0.4, 0.5) is 0 Å². The van der Waals surface area contributed by atoms with Crippen molar-refractivity contribution in [1.82, 2.24) is 5.32 Å². The summed E-state index contributed by atoms with van der Waals surface area (Å²) < 4.78 is 5.54. The average molecular weight is 207 g/mol. The van der Waals surface area contributed by atoms with Crippen LogP contribution < -0.4 is 5.32 Å². The summed E-state index contributed by atoms with van der Waals surface area (Å²) in [6.07, 6.45) is 1.09. The minimum Gasteiger partial charge on any atom is -0.375 e. The highest BCUT2D eigenvalue weighted by Gasteiger charge is 1.98. The van der Waals surface area contributed by atoms with Gasteiger partial charge in [0.2, 0.25) is 0 Å². The number of nitrogens with one attached hydrogen (secondary N) is 1. The Labute approximate surface area is 92.6 Å². The van der Waals surface area contributed by atoms with E-state index < -0.39 is 0 Å². The van der Waals surface area contributed by atoms with Crippen LogP contribution in [0.1, 0.15) is 23.6 Å². The predicted molar refractivity (Wildman–Crippen MR) is 64.1 cm³/mol. The maximum Gasteiger partial charge on any atom is 0.0717 e. The number of likely N-dealkylation sites (N-methyl/N-ethyl adjacent to an activating group) is 1. The van der Waals surface area contributed by atoms with E-state index in [-0.39, 0.29) is 0 Å². The maximum atomic E-state index is 5.54. The lowest BCUT2D eigenvalue weighted by atomic mass is 10.0. The van der Waals surface area contributed by atoms with Gasteiger partial charge in [-0.1, -0.05) is 25.1 Å². The first-order valence-electron chi connectivity index (χ1n) is 5.58. The second-order valence-electron chi connectivity index (χ2n) is 3.77. The molecule has 0 aliphatic rings. The van der Waals surface area contributed by atoms with E-state index in [9.17, 15) is 0 Å². The van der Waals surface area contributed by atoms with Gasteiger partial charge in [0.15, 0.2) is 0 Å². The number of rotatable bonds is 6. The van der Waals surface area contributed by atoms with Gasteiger partial charge in [-0.3, -0.25) is 0 Å². The smallest absolute Gasteiger partial charge is 0.0717 e. The zero-order chi connectivity index (χ0) is 11.1. The quantitative estimate of drug-likeness (QED) is 0.723. The van der Waals surface area contributed by atoms with Crippen molar-refractivity contribution in [2.75, 3.05) is 20.2 Å². The molecule has 0 fully saturated rings. The SMILES string of the molecule is CCc1cc(COCCNC)ccc1C. The fraction of sp³-hybridized carbons (Fsp3) is 0.538. The highest BCUT2D eigenvalue weighted by molar-refractivity contribution is 5.30. The van der Waals surface area contributed by atoms with Gasteiger partial charge in [-0.05, 0) is 37.1 Å². The molecule has 1 N–H and O–H groups in total. The third-order valence-corrected chi connectivity index (χ3v) is 2.56. The molecule has 0 spiro atoms. The molecule has 84 valence electrons. The van der Waals surface area contributed by atoms with Crippen molar-refractivity contribution >= 4 is 0 Å². The Morgan fingerprint density at radius 2 is 2.13 bits per heavy atom. The summed E-state index contributed by atoms with van der Waals surface area (Å²) in [4.78, 5) is 0. The van der Waals surface area contributed by atoms with Crippen molar-refractivity contribution < 1.29 is 4.74 Å². The van der Waals surface area contributed by atoms with Crippen molar-refractivity contribution in [3.8, 4) is 0 Å². The normalized spacial score (nSPS) is 10.6. The van der Waals surface area contributed by atoms with Crippen LogP contribution in [-0.4, -0.2) is 20.2 Å². The van der Waals surface area contributed by atoms with Crippen molar-refractivity contribution in [1.29, 1.82) is 0 Å². The minimum atomic E-state index is 0.717. The maximum absolute atomic E-state index is 5.54. The molecule has 0 unspecified atom stereocenters. The monoisotopic (exact) mass is 207 g/mol. The van der Waals surface area contributed by atoms with Crippen LogP contribution in [-0.2, 0) is 17.8 Å². The molecule has 0 aromatic heterocycles. The highest BCUT2D eigenvalue weighted by Crippen LogP contribution is 2.12. The summed E-state index contributed by atoms with van der Waals surface area (Å²) in [6.45, 7) is 6.74. The third kappa shape index (κ3) is 4.02. The van der Waals surface area contributed by atoms with E-state index in [1.165, 1.54) is 16.7 Å². The molecule has 0 saturated carbocycles. The largest absolute Gasteiger partial charge is 0.375 e. The topological polar surface area (TPSA) is 21.3 Å². The van der Waals surface area contributed by atoms with Gasteiger partial charge in [0.05, 0.1) is 13.2 Å². The minimum absolute atomic E-state index is 0.717. The van der Waals surface area contributed by atoms with E-state index in [1.807, 2.05) is 7.05 Å². The molecular weight excluding hydrogens is 186 g/mol. The lowest BCUT2D eigenvalue weighted by molar-refractivity contribution is 0.124. The summed E-state index contributed by atoms with van der Waals surface area (Å²) in [5, 5.41) is 3.06. The Morgan fingerprint density at radius 1 is 1.33 bits per heavy atom. The number of benzene rings is 1. The lowest BCUT2D eigenvalue weighted by Gasteiger charge is -2.08. The van der Waals surface area contributed by atoms with E-state index in [1.54, 1.807) is 0 Å². The van der Waals surface area contributed by atoms with Crippen molar-refractivity contribution in [2.24, 2.45) is 0 Å². The van der Waals surface area contributed by atoms with Gasteiger partial charge in [-0.25, -0.2) is 0 Å². The Morgan fingerprint density at radius 3 is 2.80 bits per heavy atom. The zero-order valence-corrected chi connectivity index (χ0v) is 9.97. The summed E-state index contributed by atoms with van der Waals surface area (Å²) in [6, 6.07) is 6.57. The summed E-state index contributed by atoms with van der Waals surface area (Å²) in [5.74, 6) is 0. The Bertz CT molecular complexity index is 297. The molecule has 0 heterocycles. The first kappa shape index (κ1) is 12.2. The van der Waals surface area contributed by atoms with Gasteiger partial charge < -0.3 is 10.1 Å². The molecule has 0 amide bonds. The van der Waals surface area contributed by atoms with Crippen LogP contribution in [0.2, 0.25) is 0 Å². The van der Waals surface area contributed by atoms with Gasteiger partial charge in [0, 0.05) is 6.54 Å². The van der Waals surface area contributed by atoms with Crippen LogP contribution in [0.5, 0.6) is 0 Å². The number of aryl methyl sites for hydroxylation is 2. The molecule has 0 aliphatic carbocycles. The van der Waals surface area contributed by atoms with Gasteiger partial charge >= 0.3 is 0 Å². The molecule has 1 aromatic carbocycles. The standard InChI is InChI=1S/C13H21NO/c1-4-13-9-12(6-5-11(13)2)10-15-8-7-14-3/h5-6,9,14H,4,7-8,10H2,1-3H3. The van der Waals surface area contributed by atoms with E-state index in [4.69, 9.17) is 4.74 Å². The molecule has 0 saturated heterocycles. The number of ether oxygens (including phenoxy) is 1. The zero-order valence-electron chi connectivity index (χ0n) is 9.97. The second kappa shape index (κ2) is 6.59. The van der Waals surface area contributed by atoms with Crippen LogP contribution in [0.3, 0.4) is 0 Å². The molecule has 1 rings (SSSR count). The number of hydrogen-bond acceptors (Lipinski definition) is 2. The van der Waals surface area contributed by atoms with E-state index >= 15 is 0 Å². The molecule has 0 aliphatic heterocycles. The number of hydrogen-bond donors (Lipinski definition) is 1. The van der Waals surface area contributed by atoms with Crippen molar-refractivity contribution in [3.05, 3.63) is 34.9 Å². The van der Waals surface area contributed by atoms with E-state index in [2.05, 4.69) is 37.4 Å². The molecule has 15 heavy (non-hydrogen) atoms. The van der Waals surface area contributed by atoms with Crippen molar-refractivity contribution in [2.45, 2.75) is 26.9 Å². The molecule has 2 heteroatoms. The van der Waals surface area contributed by atoms with Crippen LogP contribution >= 0.6 is 0 Å². The fourth-order valence-corrected chi connectivity index (χ4v) is 1.56. The molecule has 0 bridgehead atoms. The fourth-order valence-electron chi connectivity index (χ4n) is 1.56. The molecule has 0 radical (unpaired) electrons. The Kier molecular flexibility index (Phi) is 5.37. The van der Waals surface area contributed by atoms with E-state index in [0.29, 0.717) is 0 Å². The molecular formula is C13H21NO. The summed E-state index contributed by atoms with van der Waals surface area (Å²) in [5.41, 5.74) is 4.06. The first-order chi connectivity index (χ1) is 7.27. The third-order valence-electron chi connectivity index (χ3n) is 2.56. The van der Waals surface area contributed by atoms with Crippen LogP contribution in [0.15, 0.2) is 18.2 Å². The van der Waals surface area contributed by atoms with Gasteiger partial charge in [-0.15, -0.1) is 0 Å². The molecule has 1 aromatic rings. The van der Waals surface area contributed by atoms with Crippen LogP contribution in [0, 0.1) is 6.92 Å². The predicted octanol–water partition coefficient (Wildman–Crippen LogP) is 2.29. The first-order valence-corrected chi connectivity index (χ1v) is 5.58. The van der Waals surface area contributed by atoms with E-state index in [0.717, 1.165) is 26.2 Å². The van der Waals surface area contributed by atoms with Gasteiger partial charge in [0.1, 0.15) is 0 Å². The average Bonchev–Trinajstić information content (AvgIpc) is 2.26. The second-order valence-corrected chi connectivity index (χ2v) is 3.77. The lowest BCUT2D eigenvalue weighted by Crippen LogP contribution is -2.14. The van der Waals surface area contributed by atoms with Gasteiger partial charge in [-0.2, -0.15) is 0 Å². The van der Waals surface area contributed by atoms with Gasteiger partial charge in [0.25, 0.3) is 0 Å². The molecule has 2 nitrogen and oxygen atoms in total. The summed E-state index contributed by atoms with van der Waals surface area (Å²) >= 11 is 0. The van der Waals surface area contributed by atoms with Crippen LogP contribution in [0.25, 0.3) is 0 Å². The highest BCUT2D eigenvalue weighted by atomic mass is 16.5. The summed E-state index contributed by atoms with van der Waals surface area (Å²) in [7, 11) is 1.93. The Hall–Kier alpha value is -0.860.